The first-order valence-electron chi connectivity index (χ1n) is 5.74. The third kappa shape index (κ3) is 1.91. The van der Waals surface area contributed by atoms with Gasteiger partial charge in [0.15, 0.2) is 9.84 Å². The Morgan fingerprint density at radius 2 is 2.06 bits per heavy atom. The molecule has 2 heterocycles. The van der Waals surface area contributed by atoms with Gasteiger partial charge in [-0.1, -0.05) is 17.7 Å². The molecule has 2 atom stereocenters. The van der Waals surface area contributed by atoms with Crippen molar-refractivity contribution in [3.63, 3.8) is 0 Å². The number of hydrogen-bond acceptors (Lipinski definition) is 3. The second-order valence-electron chi connectivity index (χ2n) is 4.85. The van der Waals surface area contributed by atoms with Crippen molar-refractivity contribution < 1.29 is 13.2 Å². The normalized spacial score (nSPS) is 29.6. The molecule has 1 aromatic carbocycles. The van der Waals surface area contributed by atoms with Crippen LogP contribution in [-0.4, -0.2) is 31.9 Å². The molecule has 0 bridgehead atoms. The minimum atomic E-state index is -3.01. The number of nitrogens with zero attached hydrogens (tertiary/aromatic N) is 1. The van der Waals surface area contributed by atoms with Gasteiger partial charge in [-0.15, -0.1) is 0 Å². The van der Waals surface area contributed by atoms with E-state index in [0.717, 1.165) is 0 Å². The summed E-state index contributed by atoms with van der Waals surface area (Å²) in [4.78, 5) is 13.6. The molecule has 96 valence electrons. The van der Waals surface area contributed by atoms with E-state index in [-0.39, 0.29) is 29.4 Å². The molecule has 1 aromatic rings. The molecule has 18 heavy (non-hydrogen) atoms. The topological polar surface area (TPSA) is 54.5 Å². The third-order valence-electron chi connectivity index (χ3n) is 3.56. The first-order chi connectivity index (χ1) is 8.46. The molecule has 1 amide bonds. The molecule has 2 aliphatic rings. The van der Waals surface area contributed by atoms with Gasteiger partial charge < -0.3 is 4.90 Å². The Labute approximate surface area is 110 Å². The maximum atomic E-state index is 12.0. The lowest BCUT2D eigenvalue weighted by atomic mass is 10.1. The first kappa shape index (κ1) is 12.0. The van der Waals surface area contributed by atoms with Gasteiger partial charge in [-0.05, 0) is 18.2 Å². The average molecular weight is 286 g/mol. The first-order valence-corrected chi connectivity index (χ1v) is 7.94. The number of carbonyl (C=O) groups excluding carboxylic acids is 1. The number of halogens is 1. The molecule has 2 saturated heterocycles. The summed E-state index contributed by atoms with van der Waals surface area (Å²) in [6.45, 7) is 0. The van der Waals surface area contributed by atoms with E-state index in [2.05, 4.69) is 0 Å². The van der Waals surface area contributed by atoms with E-state index in [4.69, 9.17) is 11.6 Å². The Morgan fingerprint density at radius 3 is 2.78 bits per heavy atom. The molecule has 0 saturated carbocycles. The van der Waals surface area contributed by atoms with E-state index in [1.54, 1.807) is 29.2 Å². The van der Waals surface area contributed by atoms with Gasteiger partial charge in [-0.2, -0.15) is 0 Å². The zero-order valence-corrected chi connectivity index (χ0v) is 11.1. The molecule has 0 aliphatic carbocycles. The summed E-state index contributed by atoms with van der Waals surface area (Å²) in [6, 6.07) is 6.76. The molecule has 0 spiro atoms. The van der Waals surface area contributed by atoms with E-state index in [0.29, 0.717) is 17.1 Å². The van der Waals surface area contributed by atoms with Crippen LogP contribution in [0.25, 0.3) is 0 Å². The Balaban J connectivity index is 1.99. The monoisotopic (exact) mass is 285 g/mol. The van der Waals surface area contributed by atoms with Gasteiger partial charge in [0.25, 0.3) is 0 Å². The quantitative estimate of drug-likeness (QED) is 0.785. The summed E-state index contributed by atoms with van der Waals surface area (Å²) in [5.41, 5.74) is 0.692. The second kappa shape index (κ2) is 3.96. The number of carbonyl (C=O) groups is 1. The van der Waals surface area contributed by atoms with Crippen molar-refractivity contribution in [3.8, 4) is 0 Å². The molecule has 0 N–H and O–H groups in total. The largest absolute Gasteiger partial charge is 0.308 e. The number of anilines is 1. The summed E-state index contributed by atoms with van der Waals surface area (Å²) in [7, 11) is -3.01. The van der Waals surface area contributed by atoms with Crippen molar-refractivity contribution in [1.82, 2.24) is 0 Å². The van der Waals surface area contributed by atoms with Gasteiger partial charge in [-0.25, -0.2) is 8.42 Å². The van der Waals surface area contributed by atoms with Crippen molar-refractivity contribution in [1.29, 1.82) is 0 Å². The summed E-state index contributed by atoms with van der Waals surface area (Å²) < 4.78 is 23.3. The van der Waals surface area contributed by atoms with Crippen molar-refractivity contribution in [2.45, 2.75) is 12.5 Å². The summed E-state index contributed by atoms with van der Waals surface area (Å²) >= 11 is 5.91. The van der Waals surface area contributed by atoms with E-state index in [9.17, 15) is 13.2 Å². The van der Waals surface area contributed by atoms with Crippen LogP contribution in [0.5, 0.6) is 0 Å². The molecule has 0 aromatic heterocycles. The maximum Gasteiger partial charge on any atom is 0.227 e. The number of benzene rings is 1. The predicted molar refractivity (Wildman–Crippen MR) is 69.5 cm³/mol. The summed E-state index contributed by atoms with van der Waals surface area (Å²) in [6.07, 6.45) is 0.316. The van der Waals surface area contributed by atoms with Gasteiger partial charge in [0.05, 0.1) is 17.5 Å². The number of rotatable bonds is 1. The molecular formula is C12H12ClNO3S. The highest BCUT2D eigenvalue weighted by molar-refractivity contribution is 7.91. The van der Waals surface area contributed by atoms with Crippen LogP contribution in [0, 0.1) is 5.92 Å². The highest BCUT2D eigenvalue weighted by Crippen LogP contribution is 2.37. The Morgan fingerprint density at radius 1 is 1.28 bits per heavy atom. The van der Waals surface area contributed by atoms with Crippen molar-refractivity contribution >= 4 is 33.0 Å². The Kier molecular flexibility index (Phi) is 2.64. The lowest BCUT2D eigenvalue weighted by molar-refractivity contribution is -0.117. The molecule has 6 heteroatoms. The molecule has 0 unspecified atom stereocenters. The molecular weight excluding hydrogens is 274 g/mol. The summed E-state index contributed by atoms with van der Waals surface area (Å²) in [5, 5.41) is 0.546. The van der Waals surface area contributed by atoms with E-state index in [1.165, 1.54) is 0 Å². The van der Waals surface area contributed by atoms with Crippen molar-refractivity contribution in [2.75, 3.05) is 16.4 Å². The minimum Gasteiger partial charge on any atom is -0.308 e. The SMILES string of the molecule is O=C1C[C@@H]2CS(=O)(=O)C[C@H]2N1c1cccc(Cl)c1. The number of fused-ring (bicyclic) bond motifs is 1. The maximum absolute atomic E-state index is 12.0. The lowest BCUT2D eigenvalue weighted by Gasteiger charge is -2.23. The average Bonchev–Trinajstić information content (AvgIpc) is 2.68. The molecule has 3 rings (SSSR count). The van der Waals surface area contributed by atoms with Crippen molar-refractivity contribution in [3.05, 3.63) is 29.3 Å². The van der Waals surface area contributed by atoms with Gasteiger partial charge in [0, 0.05) is 23.0 Å². The van der Waals surface area contributed by atoms with E-state index in [1.807, 2.05) is 0 Å². The standard InChI is InChI=1S/C12H12ClNO3S/c13-9-2-1-3-10(5-9)14-11-7-18(16,17)6-8(11)4-12(14)15/h1-3,5,8,11H,4,6-7H2/t8-,11-/m1/s1. The molecule has 4 nitrogen and oxygen atoms in total. The molecule has 0 radical (unpaired) electrons. The van der Waals surface area contributed by atoms with Gasteiger partial charge in [0.1, 0.15) is 0 Å². The Bertz CT molecular complexity index is 614. The van der Waals surface area contributed by atoms with Gasteiger partial charge in [0.2, 0.25) is 5.91 Å². The highest BCUT2D eigenvalue weighted by atomic mass is 35.5. The van der Waals surface area contributed by atoms with E-state index >= 15 is 0 Å². The number of sulfone groups is 1. The molecule has 2 fully saturated rings. The van der Waals surface area contributed by atoms with Crippen LogP contribution in [-0.2, 0) is 14.6 Å². The number of hydrogen-bond donors (Lipinski definition) is 0. The Hall–Kier alpha value is -1.07. The fraction of sp³-hybridized carbons (Fsp3) is 0.417. The smallest absolute Gasteiger partial charge is 0.227 e. The van der Waals surface area contributed by atoms with E-state index < -0.39 is 9.84 Å². The fourth-order valence-electron chi connectivity index (χ4n) is 2.85. The number of amides is 1. The lowest BCUT2D eigenvalue weighted by Crippen LogP contribution is -2.36. The third-order valence-corrected chi connectivity index (χ3v) is 5.58. The predicted octanol–water partition coefficient (Wildman–Crippen LogP) is 1.49. The van der Waals surface area contributed by atoms with Crippen LogP contribution >= 0.6 is 11.6 Å². The van der Waals surface area contributed by atoms with Crippen LogP contribution in [0.1, 0.15) is 6.42 Å². The zero-order chi connectivity index (χ0) is 12.9. The fourth-order valence-corrected chi connectivity index (χ4v) is 5.11. The van der Waals surface area contributed by atoms with Crippen LogP contribution in [0.2, 0.25) is 5.02 Å². The van der Waals surface area contributed by atoms with Crippen LogP contribution in [0.15, 0.2) is 24.3 Å². The van der Waals surface area contributed by atoms with Crippen LogP contribution < -0.4 is 4.90 Å². The highest BCUT2D eigenvalue weighted by Gasteiger charge is 2.49. The van der Waals surface area contributed by atoms with Gasteiger partial charge >= 0.3 is 0 Å². The summed E-state index contributed by atoms with van der Waals surface area (Å²) in [5.74, 6) is 0.111. The van der Waals surface area contributed by atoms with Crippen LogP contribution in [0.4, 0.5) is 5.69 Å². The minimum absolute atomic E-state index is 0.0119. The van der Waals surface area contributed by atoms with Crippen LogP contribution in [0.3, 0.4) is 0 Å². The van der Waals surface area contributed by atoms with Crippen molar-refractivity contribution in [2.24, 2.45) is 5.92 Å². The molecule has 2 aliphatic heterocycles. The zero-order valence-electron chi connectivity index (χ0n) is 9.54. The second-order valence-corrected chi connectivity index (χ2v) is 7.44. The van der Waals surface area contributed by atoms with Gasteiger partial charge in [-0.3, -0.25) is 4.79 Å².